The number of hydrogen-bond acceptors (Lipinski definition) is 0. The SMILES string of the molecule is CCCCc1ccc(C2=CCC(C)C=C2)cc1. The third-order valence-corrected chi connectivity index (χ3v) is 3.42. The standard InChI is InChI=1S/C17H22/c1-3-4-5-15-8-12-17(13-9-15)16-10-6-14(2)7-11-16/h6,8-14H,3-5,7H2,1-2H3. The summed E-state index contributed by atoms with van der Waals surface area (Å²) >= 11 is 0. The van der Waals surface area contributed by atoms with Gasteiger partial charge in [-0.25, -0.2) is 0 Å². The summed E-state index contributed by atoms with van der Waals surface area (Å²) in [6.07, 6.45) is 11.9. The van der Waals surface area contributed by atoms with Crippen molar-refractivity contribution in [2.75, 3.05) is 0 Å². The Morgan fingerprint density at radius 3 is 2.53 bits per heavy atom. The van der Waals surface area contributed by atoms with Crippen LogP contribution in [0.1, 0.15) is 44.2 Å². The lowest BCUT2D eigenvalue weighted by molar-refractivity contribution is 0.739. The van der Waals surface area contributed by atoms with E-state index in [1.54, 1.807) is 0 Å². The van der Waals surface area contributed by atoms with Crippen LogP contribution in [0.2, 0.25) is 0 Å². The third-order valence-electron chi connectivity index (χ3n) is 3.42. The van der Waals surface area contributed by atoms with Crippen molar-refractivity contribution >= 4 is 5.57 Å². The Labute approximate surface area is 105 Å². The largest absolute Gasteiger partial charge is 0.0808 e. The van der Waals surface area contributed by atoms with Crippen LogP contribution in [0, 0.1) is 5.92 Å². The molecule has 0 saturated carbocycles. The Balaban J connectivity index is 2.05. The van der Waals surface area contributed by atoms with Crippen molar-refractivity contribution in [3.8, 4) is 0 Å². The molecule has 1 unspecified atom stereocenters. The highest BCUT2D eigenvalue weighted by Gasteiger charge is 2.05. The highest BCUT2D eigenvalue weighted by molar-refractivity contribution is 5.74. The van der Waals surface area contributed by atoms with E-state index in [1.807, 2.05) is 0 Å². The van der Waals surface area contributed by atoms with Crippen LogP contribution in [0.25, 0.3) is 5.57 Å². The summed E-state index contributed by atoms with van der Waals surface area (Å²) in [7, 11) is 0. The van der Waals surface area contributed by atoms with Crippen LogP contribution in [0.15, 0.2) is 42.5 Å². The molecule has 17 heavy (non-hydrogen) atoms. The van der Waals surface area contributed by atoms with E-state index in [1.165, 1.54) is 42.4 Å². The first kappa shape index (κ1) is 12.2. The summed E-state index contributed by atoms with van der Waals surface area (Å²) in [4.78, 5) is 0. The van der Waals surface area contributed by atoms with E-state index >= 15 is 0 Å². The van der Waals surface area contributed by atoms with Crippen molar-refractivity contribution in [2.24, 2.45) is 5.92 Å². The molecule has 1 atom stereocenters. The monoisotopic (exact) mass is 226 g/mol. The van der Waals surface area contributed by atoms with Crippen molar-refractivity contribution in [1.82, 2.24) is 0 Å². The lowest BCUT2D eigenvalue weighted by Crippen LogP contribution is -1.94. The quantitative estimate of drug-likeness (QED) is 0.677. The van der Waals surface area contributed by atoms with Crippen molar-refractivity contribution in [3.05, 3.63) is 53.6 Å². The molecule has 0 aromatic heterocycles. The first-order valence-electron chi connectivity index (χ1n) is 6.77. The van der Waals surface area contributed by atoms with Gasteiger partial charge in [0.1, 0.15) is 0 Å². The fourth-order valence-electron chi connectivity index (χ4n) is 2.19. The van der Waals surface area contributed by atoms with Gasteiger partial charge in [0.05, 0.1) is 0 Å². The van der Waals surface area contributed by atoms with Gasteiger partial charge in [0, 0.05) is 0 Å². The molecule has 0 bridgehead atoms. The molecule has 0 aliphatic heterocycles. The van der Waals surface area contributed by atoms with Crippen LogP contribution in [0.4, 0.5) is 0 Å². The van der Waals surface area contributed by atoms with E-state index in [9.17, 15) is 0 Å². The van der Waals surface area contributed by atoms with Crippen LogP contribution < -0.4 is 0 Å². The normalized spacial score (nSPS) is 19.2. The van der Waals surface area contributed by atoms with Gasteiger partial charge in [0.15, 0.2) is 0 Å². The van der Waals surface area contributed by atoms with E-state index in [2.05, 4.69) is 56.3 Å². The minimum atomic E-state index is 0.697. The molecule has 0 heterocycles. The molecule has 0 heteroatoms. The van der Waals surface area contributed by atoms with Crippen molar-refractivity contribution in [1.29, 1.82) is 0 Å². The number of aryl methyl sites for hydroxylation is 1. The highest BCUT2D eigenvalue weighted by Crippen LogP contribution is 2.24. The van der Waals surface area contributed by atoms with Gasteiger partial charge in [0.2, 0.25) is 0 Å². The fraction of sp³-hybridized carbons (Fsp3) is 0.412. The second-order valence-electron chi connectivity index (χ2n) is 5.03. The molecule has 0 amide bonds. The molecule has 1 aliphatic rings. The van der Waals surface area contributed by atoms with E-state index < -0.39 is 0 Å². The molecule has 1 aromatic carbocycles. The minimum absolute atomic E-state index is 0.697. The van der Waals surface area contributed by atoms with Gasteiger partial charge < -0.3 is 0 Å². The Hall–Kier alpha value is -1.30. The Kier molecular flexibility index (Phi) is 4.19. The summed E-state index contributed by atoms with van der Waals surface area (Å²) in [6, 6.07) is 9.07. The van der Waals surface area contributed by atoms with Gasteiger partial charge in [-0.3, -0.25) is 0 Å². The number of rotatable bonds is 4. The number of benzene rings is 1. The second kappa shape index (κ2) is 5.86. The molecule has 1 aromatic rings. The minimum Gasteiger partial charge on any atom is -0.0808 e. The van der Waals surface area contributed by atoms with Crippen LogP contribution in [0.3, 0.4) is 0 Å². The van der Waals surface area contributed by atoms with Gasteiger partial charge in [-0.2, -0.15) is 0 Å². The van der Waals surface area contributed by atoms with E-state index in [4.69, 9.17) is 0 Å². The summed E-state index contributed by atoms with van der Waals surface area (Å²) in [6.45, 7) is 4.50. The van der Waals surface area contributed by atoms with Crippen molar-refractivity contribution in [2.45, 2.75) is 39.5 Å². The van der Waals surface area contributed by atoms with E-state index in [0.717, 1.165) is 0 Å². The molecule has 1 aliphatic carbocycles. The number of allylic oxidation sites excluding steroid dienone is 4. The van der Waals surface area contributed by atoms with Gasteiger partial charge in [-0.05, 0) is 41.9 Å². The van der Waals surface area contributed by atoms with Gasteiger partial charge >= 0.3 is 0 Å². The first-order chi connectivity index (χ1) is 8.29. The number of hydrogen-bond donors (Lipinski definition) is 0. The van der Waals surface area contributed by atoms with Gasteiger partial charge in [-0.15, -0.1) is 0 Å². The average Bonchev–Trinajstić information content (AvgIpc) is 2.38. The fourth-order valence-corrected chi connectivity index (χ4v) is 2.19. The maximum absolute atomic E-state index is 2.35. The Morgan fingerprint density at radius 2 is 1.94 bits per heavy atom. The van der Waals surface area contributed by atoms with Crippen LogP contribution in [-0.4, -0.2) is 0 Å². The molecule has 0 N–H and O–H groups in total. The van der Waals surface area contributed by atoms with Crippen molar-refractivity contribution in [3.63, 3.8) is 0 Å². The summed E-state index contributed by atoms with van der Waals surface area (Å²) in [5.41, 5.74) is 4.20. The summed E-state index contributed by atoms with van der Waals surface area (Å²) in [5.74, 6) is 0.697. The van der Waals surface area contributed by atoms with Crippen LogP contribution >= 0.6 is 0 Å². The Morgan fingerprint density at radius 1 is 1.18 bits per heavy atom. The van der Waals surface area contributed by atoms with Gasteiger partial charge in [-0.1, -0.05) is 62.8 Å². The van der Waals surface area contributed by atoms with Crippen LogP contribution in [-0.2, 0) is 6.42 Å². The molecular formula is C17H22. The average molecular weight is 226 g/mol. The molecule has 2 rings (SSSR count). The summed E-state index contributed by atoms with van der Waals surface area (Å²) in [5, 5.41) is 0. The first-order valence-corrected chi connectivity index (χ1v) is 6.77. The van der Waals surface area contributed by atoms with E-state index in [0.29, 0.717) is 5.92 Å². The predicted octanol–water partition coefficient (Wildman–Crippen LogP) is 5.01. The highest BCUT2D eigenvalue weighted by atomic mass is 14.1. The molecule has 0 radical (unpaired) electrons. The van der Waals surface area contributed by atoms with Crippen molar-refractivity contribution < 1.29 is 0 Å². The zero-order chi connectivity index (χ0) is 12.1. The molecular weight excluding hydrogens is 204 g/mol. The summed E-state index contributed by atoms with van der Waals surface area (Å²) < 4.78 is 0. The smallest absolute Gasteiger partial charge is 0.0187 e. The second-order valence-corrected chi connectivity index (χ2v) is 5.03. The lowest BCUT2D eigenvalue weighted by atomic mass is 9.93. The maximum atomic E-state index is 2.35. The lowest BCUT2D eigenvalue weighted by Gasteiger charge is -2.12. The van der Waals surface area contributed by atoms with E-state index in [-0.39, 0.29) is 0 Å². The predicted molar refractivity (Wildman–Crippen MR) is 76.0 cm³/mol. The maximum Gasteiger partial charge on any atom is -0.0187 e. The van der Waals surface area contributed by atoms with Crippen LogP contribution in [0.5, 0.6) is 0 Å². The Bertz CT molecular complexity index is 406. The van der Waals surface area contributed by atoms with Gasteiger partial charge in [0.25, 0.3) is 0 Å². The molecule has 90 valence electrons. The zero-order valence-corrected chi connectivity index (χ0v) is 10.9. The zero-order valence-electron chi connectivity index (χ0n) is 10.9. The molecule has 0 fully saturated rings. The number of unbranched alkanes of at least 4 members (excludes halogenated alkanes) is 1. The third kappa shape index (κ3) is 3.33. The molecule has 0 saturated heterocycles. The topological polar surface area (TPSA) is 0 Å². The molecule has 0 spiro atoms. The molecule has 0 nitrogen and oxygen atoms in total.